The van der Waals surface area contributed by atoms with Gasteiger partial charge in [0.05, 0.1) is 12.0 Å². The molecule has 1 fully saturated rings. The summed E-state index contributed by atoms with van der Waals surface area (Å²) in [5.74, 6) is 0.444. The van der Waals surface area contributed by atoms with Gasteiger partial charge in [0.25, 0.3) is 0 Å². The molecule has 6 nitrogen and oxygen atoms in total. The first-order chi connectivity index (χ1) is 14.8. The molecule has 0 saturated carbocycles. The number of para-hydroxylation sites is 1. The third-order valence-electron chi connectivity index (χ3n) is 6.08. The van der Waals surface area contributed by atoms with Crippen LogP contribution >= 0.6 is 0 Å². The van der Waals surface area contributed by atoms with E-state index in [2.05, 4.69) is 19.2 Å². The molecule has 0 spiro atoms. The highest BCUT2D eigenvalue weighted by Gasteiger charge is 2.32. The van der Waals surface area contributed by atoms with Crippen molar-refractivity contribution in [3.05, 3.63) is 53.1 Å². The van der Waals surface area contributed by atoms with Gasteiger partial charge >= 0.3 is 0 Å². The van der Waals surface area contributed by atoms with Gasteiger partial charge in [-0.05, 0) is 67.5 Å². The van der Waals surface area contributed by atoms with E-state index in [-0.39, 0.29) is 16.7 Å². The number of piperidine rings is 1. The highest BCUT2D eigenvalue weighted by atomic mass is 32.2. The number of anilines is 1. The molecular formula is C24H32N2O4S. The molecule has 1 amide bonds. The van der Waals surface area contributed by atoms with E-state index in [1.54, 1.807) is 25.3 Å². The first-order valence-electron chi connectivity index (χ1n) is 10.9. The van der Waals surface area contributed by atoms with Gasteiger partial charge in [-0.3, -0.25) is 4.79 Å². The van der Waals surface area contributed by atoms with Crippen LogP contribution in [0, 0.1) is 12.8 Å². The van der Waals surface area contributed by atoms with Crippen molar-refractivity contribution in [1.82, 2.24) is 4.31 Å². The number of ether oxygens (including phenoxy) is 1. The van der Waals surface area contributed by atoms with E-state index in [9.17, 15) is 13.2 Å². The molecule has 0 unspecified atom stereocenters. The predicted octanol–water partition coefficient (Wildman–Crippen LogP) is 4.17. The number of rotatable bonds is 7. The number of methoxy groups -OCH3 is 1. The second-order valence-corrected chi connectivity index (χ2v) is 9.90. The number of amides is 1. The Hall–Kier alpha value is -2.38. The molecular weight excluding hydrogens is 412 g/mol. The number of nitrogens with one attached hydrogen (secondary N) is 1. The van der Waals surface area contributed by atoms with Crippen LogP contribution in [0.3, 0.4) is 0 Å². The average Bonchev–Trinajstić information content (AvgIpc) is 2.79. The summed E-state index contributed by atoms with van der Waals surface area (Å²) in [5.41, 5.74) is 3.95. The topological polar surface area (TPSA) is 75.7 Å². The third kappa shape index (κ3) is 4.93. The van der Waals surface area contributed by atoms with Crippen molar-refractivity contribution in [2.75, 3.05) is 25.5 Å². The molecule has 1 heterocycles. The summed E-state index contributed by atoms with van der Waals surface area (Å²) in [7, 11) is -2.03. The SMILES string of the molecule is CCc1cccc(CC)c1NC(=O)C1CCN(S(=O)(=O)c2ccc(OC)c(C)c2)CC1. The number of hydrogen-bond acceptors (Lipinski definition) is 4. The summed E-state index contributed by atoms with van der Waals surface area (Å²) in [6.45, 7) is 6.65. The summed E-state index contributed by atoms with van der Waals surface area (Å²) in [6, 6.07) is 11.0. The molecule has 0 aromatic heterocycles. The zero-order valence-corrected chi connectivity index (χ0v) is 19.6. The molecule has 1 N–H and O–H groups in total. The minimum atomic E-state index is -3.59. The molecule has 0 atom stereocenters. The normalized spacial score (nSPS) is 15.6. The molecule has 2 aromatic rings. The lowest BCUT2D eigenvalue weighted by Crippen LogP contribution is -2.41. The minimum absolute atomic E-state index is 0.0204. The maximum atomic E-state index is 13.1. The van der Waals surface area contributed by atoms with Crippen LogP contribution in [-0.4, -0.2) is 38.8 Å². The molecule has 168 valence electrons. The van der Waals surface area contributed by atoms with Crippen molar-refractivity contribution >= 4 is 21.6 Å². The standard InChI is InChI=1S/C24H32N2O4S/c1-5-18-8-7-9-19(6-2)23(18)25-24(27)20-12-14-26(15-13-20)31(28,29)21-10-11-22(30-4)17(3)16-21/h7-11,16,20H,5-6,12-15H2,1-4H3,(H,25,27). The number of nitrogens with zero attached hydrogens (tertiary/aromatic N) is 1. The van der Waals surface area contributed by atoms with Crippen molar-refractivity contribution in [1.29, 1.82) is 0 Å². The van der Waals surface area contributed by atoms with E-state index in [1.807, 2.05) is 25.1 Å². The van der Waals surface area contributed by atoms with Crippen molar-refractivity contribution in [2.45, 2.75) is 51.3 Å². The van der Waals surface area contributed by atoms with Crippen molar-refractivity contribution in [3.8, 4) is 5.75 Å². The molecule has 7 heteroatoms. The number of carbonyl (C=O) groups is 1. The van der Waals surface area contributed by atoms with Gasteiger partial charge in [-0.15, -0.1) is 0 Å². The molecule has 2 aromatic carbocycles. The number of sulfonamides is 1. The maximum absolute atomic E-state index is 13.1. The van der Waals surface area contributed by atoms with Gasteiger partial charge < -0.3 is 10.1 Å². The van der Waals surface area contributed by atoms with E-state index >= 15 is 0 Å². The summed E-state index contributed by atoms with van der Waals surface area (Å²) in [5, 5.41) is 3.14. The van der Waals surface area contributed by atoms with Gasteiger partial charge in [-0.1, -0.05) is 32.0 Å². The van der Waals surface area contributed by atoms with Gasteiger partial charge in [0.2, 0.25) is 15.9 Å². The zero-order chi connectivity index (χ0) is 22.6. The molecule has 0 bridgehead atoms. The van der Waals surface area contributed by atoms with Crippen molar-refractivity contribution < 1.29 is 17.9 Å². The Morgan fingerprint density at radius 3 is 2.23 bits per heavy atom. The molecule has 3 rings (SSSR count). The fourth-order valence-electron chi connectivity index (χ4n) is 4.15. The van der Waals surface area contributed by atoms with Crippen LogP contribution < -0.4 is 10.1 Å². The van der Waals surface area contributed by atoms with Crippen LogP contribution in [0.15, 0.2) is 41.3 Å². The Morgan fingerprint density at radius 2 is 1.71 bits per heavy atom. The Bertz CT molecular complexity index is 1020. The molecule has 1 aliphatic heterocycles. The average molecular weight is 445 g/mol. The Morgan fingerprint density at radius 1 is 1.10 bits per heavy atom. The summed E-state index contributed by atoms with van der Waals surface area (Å²) in [6.07, 6.45) is 2.72. The van der Waals surface area contributed by atoms with Crippen LogP contribution in [0.4, 0.5) is 5.69 Å². The molecule has 0 radical (unpaired) electrons. The van der Waals surface area contributed by atoms with Crippen molar-refractivity contribution in [2.24, 2.45) is 5.92 Å². The second kappa shape index (κ2) is 9.83. The largest absolute Gasteiger partial charge is 0.496 e. The van der Waals surface area contributed by atoms with Gasteiger partial charge in [0, 0.05) is 24.7 Å². The zero-order valence-electron chi connectivity index (χ0n) is 18.8. The summed E-state index contributed by atoms with van der Waals surface area (Å²) < 4.78 is 32.8. The summed E-state index contributed by atoms with van der Waals surface area (Å²) in [4.78, 5) is 13.2. The fourth-order valence-corrected chi connectivity index (χ4v) is 5.70. The summed E-state index contributed by atoms with van der Waals surface area (Å²) >= 11 is 0. The highest BCUT2D eigenvalue weighted by Crippen LogP contribution is 2.29. The minimum Gasteiger partial charge on any atom is -0.496 e. The van der Waals surface area contributed by atoms with Gasteiger partial charge in [-0.2, -0.15) is 4.31 Å². The smallest absolute Gasteiger partial charge is 0.243 e. The Labute approximate surface area is 185 Å². The van der Waals surface area contributed by atoms with E-state index in [0.29, 0.717) is 31.7 Å². The third-order valence-corrected chi connectivity index (χ3v) is 7.97. The fraction of sp³-hybridized carbons (Fsp3) is 0.458. The number of aryl methyl sites for hydroxylation is 3. The lowest BCUT2D eigenvalue weighted by molar-refractivity contribution is -0.120. The lowest BCUT2D eigenvalue weighted by Gasteiger charge is -2.31. The molecule has 1 saturated heterocycles. The predicted molar refractivity (Wildman–Crippen MR) is 123 cm³/mol. The Kier molecular flexibility index (Phi) is 7.38. The van der Waals surface area contributed by atoms with Gasteiger partial charge in [0.15, 0.2) is 0 Å². The van der Waals surface area contributed by atoms with Crippen LogP contribution in [0.25, 0.3) is 0 Å². The first-order valence-corrected chi connectivity index (χ1v) is 12.3. The first kappa shape index (κ1) is 23.3. The lowest BCUT2D eigenvalue weighted by atomic mass is 9.96. The number of benzene rings is 2. The Balaban J connectivity index is 1.68. The van der Waals surface area contributed by atoms with Crippen LogP contribution in [0.5, 0.6) is 5.75 Å². The molecule has 31 heavy (non-hydrogen) atoms. The highest BCUT2D eigenvalue weighted by molar-refractivity contribution is 7.89. The molecule has 0 aliphatic carbocycles. The van der Waals surface area contributed by atoms with E-state index in [0.717, 1.165) is 35.2 Å². The second-order valence-electron chi connectivity index (χ2n) is 7.96. The van der Waals surface area contributed by atoms with Crippen LogP contribution in [-0.2, 0) is 27.7 Å². The monoisotopic (exact) mass is 444 g/mol. The van der Waals surface area contributed by atoms with Crippen LogP contribution in [0.2, 0.25) is 0 Å². The van der Waals surface area contributed by atoms with Crippen LogP contribution in [0.1, 0.15) is 43.4 Å². The number of carbonyl (C=O) groups excluding carboxylic acids is 1. The van der Waals surface area contributed by atoms with E-state index < -0.39 is 10.0 Å². The van der Waals surface area contributed by atoms with Gasteiger partial charge in [0.1, 0.15) is 5.75 Å². The maximum Gasteiger partial charge on any atom is 0.243 e. The van der Waals surface area contributed by atoms with E-state index in [1.165, 1.54) is 4.31 Å². The number of hydrogen-bond donors (Lipinski definition) is 1. The van der Waals surface area contributed by atoms with E-state index in [4.69, 9.17) is 4.74 Å². The quantitative estimate of drug-likeness (QED) is 0.696. The molecule has 1 aliphatic rings. The van der Waals surface area contributed by atoms with Gasteiger partial charge in [-0.25, -0.2) is 8.42 Å². The van der Waals surface area contributed by atoms with Crippen molar-refractivity contribution in [3.63, 3.8) is 0 Å².